The molecular weight excluding hydrogens is 242 g/mol. The molecule has 2 N–H and O–H groups in total. The second-order valence-corrected chi connectivity index (χ2v) is 5.39. The van der Waals surface area contributed by atoms with E-state index in [0.29, 0.717) is 0 Å². The molecule has 0 amide bonds. The van der Waals surface area contributed by atoms with Crippen LogP contribution in [0, 0.1) is 0 Å². The lowest BCUT2D eigenvalue weighted by Crippen LogP contribution is -2.32. The van der Waals surface area contributed by atoms with Crippen LogP contribution in [0.3, 0.4) is 0 Å². The molecule has 2 rings (SSSR count). The summed E-state index contributed by atoms with van der Waals surface area (Å²) in [7, 11) is 0. The SMILES string of the molecule is CCC(N)C(c1ccc(Cl)s1)n1cccn1. The van der Waals surface area contributed by atoms with Crippen LogP contribution in [-0.2, 0) is 0 Å². The normalized spacial score (nSPS) is 14.9. The van der Waals surface area contributed by atoms with Crippen molar-refractivity contribution < 1.29 is 0 Å². The van der Waals surface area contributed by atoms with Gasteiger partial charge in [-0.05, 0) is 24.6 Å². The number of nitrogens with zero attached hydrogens (tertiary/aromatic N) is 2. The van der Waals surface area contributed by atoms with Gasteiger partial charge in [-0.1, -0.05) is 18.5 Å². The van der Waals surface area contributed by atoms with E-state index in [1.165, 1.54) is 0 Å². The largest absolute Gasteiger partial charge is 0.326 e. The summed E-state index contributed by atoms with van der Waals surface area (Å²) >= 11 is 7.52. The van der Waals surface area contributed by atoms with Crippen molar-refractivity contribution in [3.05, 3.63) is 39.8 Å². The van der Waals surface area contributed by atoms with Gasteiger partial charge in [0.2, 0.25) is 0 Å². The highest BCUT2D eigenvalue weighted by Gasteiger charge is 2.22. The van der Waals surface area contributed by atoms with Crippen LogP contribution in [0.15, 0.2) is 30.6 Å². The van der Waals surface area contributed by atoms with E-state index in [9.17, 15) is 0 Å². The van der Waals surface area contributed by atoms with Gasteiger partial charge in [-0.2, -0.15) is 5.10 Å². The van der Waals surface area contributed by atoms with E-state index in [1.807, 2.05) is 29.1 Å². The number of aromatic nitrogens is 2. The van der Waals surface area contributed by atoms with Crippen molar-refractivity contribution in [1.29, 1.82) is 0 Å². The van der Waals surface area contributed by atoms with E-state index in [1.54, 1.807) is 17.5 Å². The van der Waals surface area contributed by atoms with Crippen LogP contribution >= 0.6 is 22.9 Å². The summed E-state index contributed by atoms with van der Waals surface area (Å²) in [5, 5.41) is 4.27. The topological polar surface area (TPSA) is 43.8 Å². The molecule has 0 saturated carbocycles. The van der Waals surface area contributed by atoms with Crippen molar-refractivity contribution in [1.82, 2.24) is 9.78 Å². The number of nitrogens with two attached hydrogens (primary N) is 1. The molecule has 0 aliphatic carbocycles. The summed E-state index contributed by atoms with van der Waals surface area (Å²) in [4.78, 5) is 1.16. The minimum absolute atomic E-state index is 0.0506. The van der Waals surface area contributed by atoms with Crippen LogP contribution in [0.1, 0.15) is 24.3 Å². The van der Waals surface area contributed by atoms with Gasteiger partial charge < -0.3 is 5.73 Å². The fourth-order valence-electron chi connectivity index (χ4n) is 1.69. The molecule has 16 heavy (non-hydrogen) atoms. The maximum absolute atomic E-state index is 6.15. The molecular formula is C11H14ClN3S. The van der Waals surface area contributed by atoms with Crippen molar-refractivity contribution in [3.8, 4) is 0 Å². The average Bonchev–Trinajstić information content (AvgIpc) is 2.91. The molecule has 0 aliphatic heterocycles. The monoisotopic (exact) mass is 255 g/mol. The Bertz CT molecular complexity index is 438. The standard InChI is InChI=1S/C11H14ClN3S/c1-2-8(13)11(15-7-3-6-14-15)9-4-5-10(12)16-9/h3-8,11H,2,13H2,1H3. The summed E-state index contributed by atoms with van der Waals surface area (Å²) in [6.45, 7) is 2.08. The highest BCUT2D eigenvalue weighted by atomic mass is 35.5. The van der Waals surface area contributed by atoms with Gasteiger partial charge in [0, 0.05) is 23.3 Å². The third kappa shape index (κ3) is 2.29. The molecule has 5 heteroatoms. The molecule has 3 nitrogen and oxygen atoms in total. The summed E-state index contributed by atoms with van der Waals surface area (Å²) in [5.74, 6) is 0. The van der Waals surface area contributed by atoms with Crippen LogP contribution < -0.4 is 5.73 Å². The summed E-state index contributed by atoms with van der Waals surface area (Å²) in [5.41, 5.74) is 6.15. The summed E-state index contributed by atoms with van der Waals surface area (Å²) in [6, 6.07) is 5.96. The molecule has 0 radical (unpaired) electrons. The molecule has 0 bridgehead atoms. The zero-order chi connectivity index (χ0) is 11.5. The van der Waals surface area contributed by atoms with Gasteiger partial charge in [-0.25, -0.2) is 0 Å². The minimum Gasteiger partial charge on any atom is -0.326 e. The van der Waals surface area contributed by atoms with E-state index in [2.05, 4.69) is 12.0 Å². The zero-order valence-electron chi connectivity index (χ0n) is 9.01. The average molecular weight is 256 g/mol. The second-order valence-electron chi connectivity index (χ2n) is 3.64. The Morgan fingerprint density at radius 2 is 2.38 bits per heavy atom. The van der Waals surface area contributed by atoms with Crippen LogP contribution in [0.25, 0.3) is 0 Å². The van der Waals surface area contributed by atoms with Crippen molar-refractivity contribution in [2.24, 2.45) is 5.73 Å². The Morgan fingerprint density at radius 3 is 2.88 bits per heavy atom. The number of hydrogen-bond donors (Lipinski definition) is 1. The fraction of sp³-hybridized carbons (Fsp3) is 0.364. The molecule has 2 heterocycles. The van der Waals surface area contributed by atoms with Gasteiger partial charge in [0.1, 0.15) is 6.04 Å². The zero-order valence-corrected chi connectivity index (χ0v) is 10.6. The summed E-state index contributed by atoms with van der Waals surface area (Å²) < 4.78 is 2.69. The van der Waals surface area contributed by atoms with Crippen molar-refractivity contribution in [2.75, 3.05) is 0 Å². The Morgan fingerprint density at radius 1 is 1.56 bits per heavy atom. The van der Waals surface area contributed by atoms with E-state index < -0.39 is 0 Å². The lowest BCUT2D eigenvalue weighted by Gasteiger charge is -2.22. The molecule has 0 saturated heterocycles. The quantitative estimate of drug-likeness (QED) is 0.913. The van der Waals surface area contributed by atoms with Gasteiger partial charge in [0.25, 0.3) is 0 Å². The Hall–Kier alpha value is -0.840. The van der Waals surface area contributed by atoms with Crippen LogP contribution in [0.2, 0.25) is 4.34 Å². The van der Waals surface area contributed by atoms with Crippen LogP contribution in [0.5, 0.6) is 0 Å². The lowest BCUT2D eigenvalue weighted by atomic mass is 10.1. The van der Waals surface area contributed by atoms with Crippen molar-refractivity contribution >= 4 is 22.9 Å². The number of thiophene rings is 1. The second kappa shape index (κ2) is 4.99. The van der Waals surface area contributed by atoms with Gasteiger partial charge >= 0.3 is 0 Å². The van der Waals surface area contributed by atoms with E-state index in [0.717, 1.165) is 15.6 Å². The van der Waals surface area contributed by atoms with Crippen molar-refractivity contribution in [2.45, 2.75) is 25.4 Å². The highest BCUT2D eigenvalue weighted by molar-refractivity contribution is 7.16. The minimum atomic E-state index is 0.0506. The predicted molar refractivity (Wildman–Crippen MR) is 68.0 cm³/mol. The first-order valence-corrected chi connectivity index (χ1v) is 6.41. The first-order valence-electron chi connectivity index (χ1n) is 5.22. The predicted octanol–water partition coefficient (Wildman–Crippen LogP) is 2.92. The van der Waals surface area contributed by atoms with Gasteiger partial charge in [0.15, 0.2) is 0 Å². The third-order valence-corrected chi connectivity index (χ3v) is 3.87. The molecule has 0 aliphatic rings. The van der Waals surface area contributed by atoms with E-state index in [-0.39, 0.29) is 12.1 Å². The molecule has 2 unspecified atom stereocenters. The number of halogens is 1. The van der Waals surface area contributed by atoms with Crippen molar-refractivity contribution in [3.63, 3.8) is 0 Å². The molecule has 2 aromatic rings. The molecule has 0 aromatic carbocycles. The molecule has 86 valence electrons. The Balaban J connectivity index is 2.35. The number of rotatable bonds is 4. The third-order valence-electron chi connectivity index (χ3n) is 2.57. The Labute approximate surface area is 104 Å². The maximum atomic E-state index is 6.15. The van der Waals surface area contributed by atoms with E-state index >= 15 is 0 Å². The van der Waals surface area contributed by atoms with Gasteiger partial charge in [-0.15, -0.1) is 11.3 Å². The van der Waals surface area contributed by atoms with Gasteiger partial charge in [0.05, 0.1) is 4.34 Å². The smallest absolute Gasteiger partial charge is 0.101 e. The first-order chi connectivity index (χ1) is 7.72. The lowest BCUT2D eigenvalue weighted by molar-refractivity contribution is 0.430. The van der Waals surface area contributed by atoms with Gasteiger partial charge in [-0.3, -0.25) is 4.68 Å². The summed E-state index contributed by atoms with van der Waals surface area (Å²) in [6.07, 6.45) is 4.61. The van der Waals surface area contributed by atoms with Crippen LogP contribution in [-0.4, -0.2) is 15.8 Å². The molecule has 0 fully saturated rings. The molecule has 0 spiro atoms. The molecule has 2 aromatic heterocycles. The highest BCUT2D eigenvalue weighted by Crippen LogP contribution is 2.31. The molecule has 2 atom stereocenters. The fourth-order valence-corrected chi connectivity index (χ4v) is 2.92. The first kappa shape index (κ1) is 11.6. The number of hydrogen-bond acceptors (Lipinski definition) is 3. The Kier molecular flexibility index (Phi) is 3.63. The van der Waals surface area contributed by atoms with Crippen LogP contribution in [0.4, 0.5) is 0 Å². The van der Waals surface area contributed by atoms with E-state index in [4.69, 9.17) is 17.3 Å². The maximum Gasteiger partial charge on any atom is 0.101 e.